The summed E-state index contributed by atoms with van der Waals surface area (Å²) in [5.41, 5.74) is 5.34. The van der Waals surface area contributed by atoms with Crippen LogP contribution < -0.4 is 5.73 Å². The van der Waals surface area contributed by atoms with E-state index in [9.17, 15) is 34.4 Å². The van der Waals surface area contributed by atoms with Crippen molar-refractivity contribution >= 4 is 19.8 Å². The number of hydrogen-bond donors (Lipinski definition) is 5. The summed E-state index contributed by atoms with van der Waals surface area (Å²) in [5, 5.41) is 31.4. The van der Waals surface area contributed by atoms with Crippen LogP contribution in [0.1, 0.15) is 174 Å². The molecule has 1 unspecified atom stereocenters. The van der Waals surface area contributed by atoms with E-state index in [1.165, 1.54) is 38.5 Å². The fourth-order valence-corrected chi connectivity index (χ4v) is 7.84. The van der Waals surface area contributed by atoms with Gasteiger partial charge in [0.1, 0.15) is 6.61 Å². The van der Waals surface area contributed by atoms with Crippen LogP contribution in [-0.4, -0.2) is 82.9 Å². The maximum absolute atomic E-state index is 12.7. The lowest BCUT2D eigenvalue weighted by atomic mass is 9.88. The van der Waals surface area contributed by atoms with Crippen LogP contribution in [0.25, 0.3) is 0 Å². The van der Waals surface area contributed by atoms with E-state index in [1.54, 1.807) is 6.08 Å². The van der Waals surface area contributed by atoms with Crippen molar-refractivity contribution in [1.29, 1.82) is 0 Å². The number of unbranched alkanes of at least 4 members (excludes halogenated alkanes) is 16. The molecule has 0 saturated heterocycles. The third-order valence-electron chi connectivity index (χ3n) is 10.4. The van der Waals surface area contributed by atoms with Crippen LogP contribution in [0.5, 0.6) is 0 Å². The van der Waals surface area contributed by atoms with Gasteiger partial charge in [-0.15, -0.1) is 0 Å². The second-order valence-corrected chi connectivity index (χ2v) is 17.0. The Bertz CT molecular complexity index is 1090. The molecular formula is C43H80NO11P. The van der Waals surface area contributed by atoms with Crippen LogP contribution in [0, 0.1) is 11.8 Å². The maximum Gasteiger partial charge on any atom is 0.472 e. The highest BCUT2D eigenvalue weighted by Crippen LogP contribution is 2.43. The number of aliphatic hydroxyl groups is 3. The summed E-state index contributed by atoms with van der Waals surface area (Å²) in [6.07, 6.45) is 28.4. The van der Waals surface area contributed by atoms with E-state index in [2.05, 4.69) is 26.0 Å². The standard InChI is InChI=1S/C43H80NO11P/c1-3-5-7-8-9-10-11-12-13-14-15-16-17-18-23-27-42(48)52-34-37(35-54-56(50,51)53-32-31-44)55-43(49)28-24-20-19-22-26-38-39(41(47)33-40(38)46)30-29-36(45)25-21-6-4-2/h12-13,29-30,36-41,45-47H,3-11,14-28,31-35,44H2,1-2H3,(H,50,51)/b13-12-,30-29+/t36-,37+,38+,39+,40-,41+/m0/s1. The van der Waals surface area contributed by atoms with E-state index < -0.39 is 50.8 Å². The van der Waals surface area contributed by atoms with E-state index >= 15 is 0 Å². The lowest BCUT2D eigenvalue weighted by Crippen LogP contribution is -2.29. The van der Waals surface area contributed by atoms with Crippen LogP contribution in [0.4, 0.5) is 0 Å². The maximum atomic E-state index is 12.7. The number of nitrogens with two attached hydrogens (primary N) is 1. The molecule has 1 saturated carbocycles. The van der Waals surface area contributed by atoms with Crippen LogP contribution in [0.2, 0.25) is 0 Å². The van der Waals surface area contributed by atoms with Gasteiger partial charge in [0.05, 0.1) is 31.5 Å². The van der Waals surface area contributed by atoms with Gasteiger partial charge >= 0.3 is 19.8 Å². The second kappa shape index (κ2) is 34.3. The number of esters is 2. The van der Waals surface area contributed by atoms with E-state index in [0.29, 0.717) is 25.7 Å². The van der Waals surface area contributed by atoms with Crippen molar-refractivity contribution in [2.45, 2.75) is 199 Å². The van der Waals surface area contributed by atoms with E-state index in [1.807, 2.05) is 6.08 Å². The molecule has 0 spiro atoms. The summed E-state index contributed by atoms with van der Waals surface area (Å²) in [6.45, 7) is 3.37. The molecule has 12 nitrogen and oxygen atoms in total. The second-order valence-electron chi connectivity index (χ2n) is 15.5. The first kappa shape index (κ1) is 52.4. The molecule has 1 rings (SSSR count). The van der Waals surface area contributed by atoms with Crippen molar-refractivity contribution in [3.8, 4) is 0 Å². The van der Waals surface area contributed by atoms with Gasteiger partial charge in [0.2, 0.25) is 0 Å². The van der Waals surface area contributed by atoms with Gasteiger partial charge in [0.15, 0.2) is 6.10 Å². The van der Waals surface area contributed by atoms with E-state index in [4.69, 9.17) is 24.3 Å². The first-order valence-electron chi connectivity index (χ1n) is 22.1. The van der Waals surface area contributed by atoms with Crippen LogP contribution in [-0.2, 0) is 32.7 Å². The van der Waals surface area contributed by atoms with Gasteiger partial charge in [-0.3, -0.25) is 18.6 Å². The van der Waals surface area contributed by atoms with Crippen LogP contribution >= 0.6 is 7.82 Å². The normalized spacial score (nSPS) is 20.8. The van der Waals surface area contributed by atoms with Crippen molar-refractivity contribution in [3.05, 3.63) is 24.3 Å². The molecule has 0 aromatic carbocycles. The summed E-state index contributed by atoms with van der Waals surface area (Å²) in [4.78, 5) is 35.1. The quantitative estimate of drug-likeness (QED) is 0.0173. The summed E-state index contributed by atoms with van der Waals surface area (Å²) in [7, 11) is -4.44. The predicted octanol–water partition coefficient (Wildman–Crippen LogP) is 8.77. The number of phosphoric ester groups is 1. The van der Waals surface area contributed by atoms with Crippen LogP contribution in [0.15, 0.2) is 24.3 Å². The molecular weight excluding hydrogens is 737 g/mol. The Labute approximate surface area is 339 Å². The molecule has 0 bridgehead atoms. The number of allylic oxidation sites excluding steroid dienone is 2. The molecule has 6 N–H and O–H groups in total. The average molecular weight is 818 g/mol. The number of carbonyl (C=O) groups is 2. The Kier molecular flexibility index (Phi) is 32.0. The highest BCUT2D eigenvalue weighted by molar-refractivity contribution is 7.47. The van der Waals surface area contributed by atoms with E-state index in [-0.39, 0.29) is 44.4 Å². The smallest absolute Gasteiger partial charge is 0.462 e. The van der Waals surface area contributed by atoms with Gasteiger partial charge in [-0.2, -0.15) is 0 Å². The molecule has 0 aliphatic heterocycles. The Hall–Kier alpha value is -1.63. The van der Waals surface area contributed by atoms with Crippen molar-refractivity contribution in [2.75, 3.05) is 26.4 Å². The number of ether oxygens (including phenoxy) is 2. The summed E-state index contributed by atoms with van der Waals surface area (Å²) in [5.74, 6) is -1.27. The molecule has 56 heavy (non-hydrogen) atoms. The molecule has 0 radical (unpaired) electrons. The Morgan fingerprint density at radius 2 is 1.32 bits per heavy atom. The zero-order chi connectivity index (χ0) is 41.3. The van der Waals surface area contributed by atoms with Crippen molar-refractivity contribution < 1.29 is 52.9 Å². The average Bonchev–Trinajstić information content (AvgIpc) is 3.44. The zero-order valence-corrected chi connectivity index (χ0v) is 35.8. The van der Waals surface area contributed by atoms with Gasteiger partial charge in [-0.1, -0.05) is 128 Å². The zero-order valence-electron chi connectivity index (χ0n) is 35.0. The number of aliphatic hydroxyl groups excluding tert-OH is 3. The number of carbonyl (C=O) groups excluding carboxylic acids is 2. The molecule has 0 heterocycles. The summed E-state index contributed by atoms with van der Waals surface area (Å²) >= 11 is 0. The topological polar surface area (TPSA) is 195 Å². The van der Waals surface area contributed by atoms with Gasteiger partial charge < -0.3 is 35.4 Å². The fraction of sp³-hybridized carbons (Fsp3) is 0.860. The summed E-state index contributed by atoms with van der Waals surface area (Å²) < 4.78 is 32.8. The third kappa shape index (κ3) is 27.9. The molecule has 328 valence electrons. The van der Waals surface area contributed by atoms with Crippen molar-refractivity contribution in [3.63, 3.8) is 0 Å². The lowest BCUT2D eigenvalue weighted by Gasteiger charge is -2.21. The first-order chi connectivity index (χ1) is 27.0. The predicted molar refractivity (Wildman–Crippen MR) is 222 cm³/mol. The van der Waals surface area contributed by atoms with Gasteiger partial charge in [0.25, 0.3) is 0 Å². The monoisotopic (exact) mass is 818 g/mol. The number of phosphoric acid groups is 1. The molecule has 1 aliphatic carbocycles. The van der Waals surface area contributed by atoms with Gasteiger partial charge in [0, 0.05) is 31.7 Å². The van der Waals surface area contributed by atoms with E-state index in [0.717, 1.165) is 83.5 Å². The number of hydrogen-bond acceptors (Lipinski definition) is 11. The number of rotatable bonds is 37. The SMILES string of the molecule is CCCCCCCC/C=C\CCCCCCCC(=O)OC[C@H](COP(=O)(O)OCCN)OC(=O)CCCCCC[C@@H]1[C@@H](/C=C/[C@@H](O)CCCCC)[C@H](O)C[C@@H]1O. The highest BCUT2D eigenvalue weighted by Gasteiger charge is 2.39. The van der Waals surface area contributed by atoms with Gasteiger partial charge in [-0.05, 0) is 57.3 Å². The minimum Gasteiger partial charge on any atom is -0.462 e. The van der Waals surface area contributed by atoms with Crippen molar-refractivity contribution in [2.24, 2.45) is 17.6 Å². The molecule has 0 aromatic heterocycles. The highest BCUT2D eigenvalue weighted by atomic mass is 31.2. The minimum atomic E-state index is -4.44. The minimum absolute atomic E-state index is 0.0183. The molecule has 0 amide bonds. The molecule has 7 atom stereocenters. The lowest BCUT2D eigenvalue weighted by molar-refractivity contribution is -0.161. The summed E-state index contributed by atoms with van der Waals surface area (Å²) in [6, 6.07) is 0. The Morgan fingerprint density at radius 3 is 1.96 bits per heavy atom. The fourth-order valence-electron chi connectivity index (χ4n) is 7.08. The van der Waals surface area contributed by atoms with Crippen LogP contribution in [0.3, 0.4) is 0 Å². The van der Waals surface area contributed by atoms with Crippen molar-refractivity contribution in [1.82, 2.24) is 0 Å². The Balaban J connectivity index is 2.38. The first-order valence-corrected chi connectivity index (χ1v) is 23.6. The molecule has 13 heteroatoms. The molecule has 1 fully saturated rings. The Morgan fingerprint density at radius 1 is 0.750 bits per heavy atom. The van der Waals surface area contributed by atoms with Gasteiger partial charge in [-0.25, -0.2) is 4.57 Å². The third-order valence-corrected chi connectivity index (χ3v) is 11.4. The molecule has 1 aliphatic rings. The largest absolute Gasteiger partial charge is 0.472 e. The molecule has 0 aromatic rings.